The monoisotopic (exact) mass is 435 g/mol. The summed E-state index contributed by atoms with van der Waals surface area (Å²) in [5.74, 6) is -0.722. The molecule has 1 aromatic rings. The van der Waals surface area contributed by atoms with Gasteiger partial charge in [0.05, 0.1) is 13.0 Å². The Morgan fingerprint density at radius 2 is 1.87 bits per heavy atom. The molecule has 0 saturated carbocycles. The van der Waals surface area contributed by atoms with E-state index in [4.69, 9.17) is 11.6 Å². The molecule has 2 aliphatic rings. The van der Waals surface area contributed by atoms with Crippen molar-refractivity contribution in [2.24, 2.45) is 0 Å². The molecule has 2 heterocycles. The summed E-state index contributed by atoms with van der Waals surface area (Å²) in [5.41, 5.74) is 1.48. The van der Waals surface area contributed by atoms with Gasteiger partial charge in [0.2, 0.25) is 17.7 Å². The van der Waals surface area contributed by atoms with Crippen LogP contribution >= 0.6 is 11.6 Å². The summed E-state index contributed by atoms with van der Waals surface area (Å²) in [6, 6.07) is 4.46. The topological polar surface area (TPSA) is 85.0 Å². The van der Waals surface area contributed by atoms with Crippen LogP contribution in [-0.2, 0) is 14.4 Å². The zero-order valence-corrected chi connectivity index (χ0v) is 18.4. The standard InChI is InChI=1S/C21H30ClN5O3/c1-3-25-8-10-26(11-9-25)14-20(29)27-7-6-23-21(30)18(27)13-19(28)24-16-5-4-15(2)17(22)12-16/h4-5,12,18H,3,6-11,13-14H2,1-2H3,(H,23,30)(H,24,28)/t18-/m0/s1. The molecular weight excluding hydrogens is 406 g/mol. The number of hydrogen-bond donors (Lipinski definition) is 2. The highest BCUT2D eigenvalue weighted by molar-refractivity contribution is 6.31. The second kappa shape index (κ2) is 10.2. The number of piperazine rings is 2. The second-order valence-electron chi connectivity index (χ2n) is 7.82. The number of likely N-dealkylation sites (N-methyl/N-ethyl adjacent to an activating group) is 1. The summed E-state index contributed by atoms with van der Waals surface area (Å²) in [5, 5.41) is 6.10. The SMILES string of the molecule is CCN1CCN(CC(=O)N2CCNC(=O)[C@@H]2CC(=O)Nc2ccc(C)c(Cl)c2)CC1. The zero-order valence-electron chi connectivity index (χ0n) is 17.6. The lowest BCUT2D eigenvalue weighted by molar-refractivity contribution is -0.145. The second-order valence-corrected chi connectivity index (χ2v) is 8.23. The number of amides is 3. The molecule has 30 heavy (non-hydrogen) atoms. The van der Waals surface area contributed by atoms with Crippen molar-refractivity contribution in [1.82, 2.24) is 20.0 Å². The van der Waals surface area contributed by atoms with E-state index in [9.17, 15) is 14.4 Å². The van der Waals surface area contributed by atoms with E-state index in [0.29, 0.717) is 23.8 Å². The highest BCUT2D eigenvalue weighted by atomic mass is 35.5. The molecule has 0 aromatic heterocycles. The van der Waals surface area contributed by atoms with Crippen molar-refractivity contribution in [2.75, 3.05) is 57.7 Å². The van der Waals surface area contributed by atoms with E-state index in [1.54, 1.807) is 17.0 Å². The van der Waals surface area contributed by atoms with Crippen LogP contribution in [-0.4, -0.2) is 90.8 Å². The van der Waals surface area contributed by atoms with Gasteiger partial charge in [-0.2, -0.15) is 0 Å². The Morgan fingerprint density at radius 1 is 1.17 bits per heavy atom. The average Bonchev–Trinajstić information content (AvgIpc) is 2.72. The first-order chi connectivity index (χ1) is 14.4. The molecule has 2 saturated heterocycles. The normalized spacial score (nSPS) is 20.7. The minimum absolute atomic E-state index is 0.0906. The van der Waals surface area contributed by atoms with E-state index >= 15 is 0 Å². The third kappa shape index (κ3) is 5.71. The number of nitrogens with zero attached hydrogens (tertiary/aromatic N) is 3. The molecule has 3 amide bonds. The van der Waals surface area contributed by atoms with Gasteiger partial charge in [-0.25, -0.2) is 0 Å². The van der Waals surface area contributed by atoms with E-state index in [1.165, 1.54) is 0 Å². The number of rotatable bonds is 6. The Kier molecular flexibility index (Phi) is 7.69. The van der Waals surface area contributed by atoms with Gasteiger partial charge in [-0.05, 0) is 31.2 Å². The van der Waals surface area contributed by atoms with Gasteiger partial charge in [-0.3, -0.25) is 19.3 Å². The number of carbonyl (C=O) groups excluding carboxylic acids is 3. The van der Waals surface area contributed by atoms with Gasteiger partial charge < -0.3 is 20.4 Å². The van der Waals surface area contributed by atoms with Crippen LogP contribution in [0.2, 0.25) is 5.02 Å². The molecule has 8 nitrogen and oxygen atoms in total. The molecule has 2 fully saturated rings. The maximum Gasteiger partial charge on any atom is 0.243 e. The quantitative estimate of drug-likeness (QED) is 0.694. The number of aryl methyl sites for hydroxylation is 1. The third-order valence-corrected chi connectivity index (χ3v) is 6.16. The molecular formula is C21H30ClN5O3. The molecule has 9 heteroatoms. The fourth-order valence-electron chi connectivity index (χ4n) is 3.82. The van der Waals surface area contributed by atoms with Crippen LogP contribution in [0.3, 0.4) is 0 Å². The lowest BCUT2D eigenvalue weighted by atomic mass is 10.1. The molecule has 1 atom stereocenters. The molecule has 0 aliphatic carbocycles. The van der Waals surface area contributed by atoms with E-state index in [1.807, 2.05) is 13.0 Å². The van der Waals surface area contributed by atoms with Crippen molar-refractivity contribution in [3.8, 4) is 0 Å². The van der Waals surface area contributed by atoms with Crippen molar-refractivity contribution in [1.29, 1.82) is 0 Å². The van der Waals surface area contributed by atoms with Crippen LogP contribution in [0.4, 0.5) is 5.69 Å². The summed E-state index contributed by atoms with van der Waals surface area (Å²) in [6.07, 6.45) is -0.0906. The van der Waals surface area contributed by atoms with Crippen LogP contribution in [0.5, 0.6) is 0 Å². The fourth-order valence-corrected chi connectivity index (χ4v) is 4.00. The Bertz CT molecular complexity index is 795. The molecule has 2 aliphatic heterocycles. The van der Waals surface area contributed by atoms with Gasteiger partial charge in [-0.1, -0.05) is 24.6 Å². The van der Waals surface area contributed by atoms with Gasteiger partial charge in [-0.15, -0.1) is 0 Å². The summed E-state index contributed by atoms with van der Waals surface area (Å²) in [4.78, 5) is 44.0. The number of nitrogens with one attached hydrogen (secondary N) is 2. The Morgan fingerprint density at radius 3 is 2.53 bits per heavy atom. The maximum atomic E-state index is 12.9. The van der Waals surface area contributed by atoms with E-state index < -0.39 is 6.04 Å². The van der Waals surface area contributed by atoms with Crippen molar-refractivity contribution in [2.45, 2.75) is 26.3 Å². The van der Waals surface area contributed by atoms with Crippen LogP contribution in [0, 0.1) is 6.92 Å². The highest BCUT2D eigenvalue weighted by Gasteiger charge is 2.35. The summed E-state index contributed by atoms with van der Waals surface area (Å²) >= 11 is 6.11. The molecule has 0 bridgehead atoms. The summed E-state index contributed by atoms with van der Waals surface area (Å²) in [7, 11) is 0. The Hall–Kier alpha value is -2.16. The summed E-state index contributed by atoms with van der Waals surface area (Å²) in [6.45, 7) is 9.66. The first-order valence-electron chi connectivity index (χ1n) is 10.4. The highest BCUT2D eigenvalue weighted by Crippen LogP contribution is 2.20. The largest absolute Gasteiger partial charge is 0.353 e. The first kappa shape index (κ1) is 22.5. The third-order valence-electron chi connectivity index (χ3n) is 5.76. The number of anilines is 1. The minimum atomic E-state index is -0.802. The van der Waals surface area contributed by atoms with Crippen molar-refractivity contribution in [3.05, 3.63) is 28.8 Å². The van der Waals surface area contributed by atoms with Crippen LogP contribution < -0.4 is 10.6 Å². The van der Waals surface area contributed by atoms with E-state index in [2.05, 4.69) is 27.4 Å². The van der Waals surface area contributed by atoms with E-state index in [-0.39, 0.29) is 30.7 Å². The van der Waals surface area contributed by atoms with Crippen molar-refractivity contribution >= 4 is 35.0 Å². The van der Waals surface area contributed by atoms with Crippen LogP contribution in [0.1, 0.15) is 18.9 Å². The molecule has 0 unspecified atom stereocenters. The molecule has 3 rings (SSSR count). The minimum Gasteiger partial charge on any atom is -0.353 e. The zero-order chi connectivity index (χ0) is 21.7. The van der Waals surface area contributed by atoms with Gasteiger partial charge in [0.1, 0.15) is 6.04 Å². The number of halogens is 1. The van der Waals surface area contributed by atoms with E-state index in [0.717, 1.165) is 38.3 Å². The molecule has 0 spiro atoms. The average molecular weight is 436 g/mol. The molecule has 1 aromatic carbocycles. The number of hydrogen-bond acceptors (Lipinski definition) is 5. The molecule has 0 radical (unpaired) electrons. The first-order valence-corrected chi connectivity index (χ1v) is 10.8. The van der Waals surface area contributed by atoms with Gasteiger partial charge in [0.25, 0.3) is 0 Å². The molecule has 164 valence electrons. The maximum absolute atomic E-state index is 12.9. The lowest BCUT2D eigenvalue weighted by Gasteiger charge is -2.38. The van der Waals surface area contributed by atoms with Crippen molar-refractivity contribution < 1.29 is 14.4 Å². The van der Waals surface area contributed by atoms with Gasteiger partial charge in [0, 0.05) is 50.0 Å². The Balaban J connectivity index is 1.59. The predicted molar refractivity (Wildman–Crippen MR) is 117 cm³/mol. The van der Waals surface area contributed by atoms with Gasteiger partial charge in [0.15, 0.2) is 0 Å². The van der Waals surface area contributed by atoms with Gasteiger partial charge >= 0.3 is 0 Å². The van der Waals surface area contributed by atoms with Crippen LogP contribution in [0.25, 0.3) is 0 Å². The lowest BCUT2D eigenvalue weighted by Crippen LogP contribution is -2.60. The smallest absolute Gasteiger partial charge is 0.243 e. The fraction of sp³-hybridized carbons (Fsp3) is 0.571. The number of carbonyl (C=O) groups is 3. The predicted octanol–water partition coefficient (Wildman–Crippen LogP) is 0.942. The van der Waals surface area contributed by atoms with Crippen LogP contribution in [0.15, 0.2) is 18.2 Å². The Labute approximate surface area is 182 Å². The number of benzene rings is 1. The molecule has 2 N–H and O–H groups in total. The van der Waals surface area contributed by atoms with Crippen molar-refractivity contribution in [3.63, 3.8) is 0 Å². The summed E-state index contributed by atoms with van der Waals surface area (Å²) < 4.78 is 0.